The lowest BCUT2D eigenvalue weighted by atomic mass is 10.3. The Kier molecular flexibility index (Phi) is 2.72. The van der Waals surface area contributed by atoms with Gasteiger partial charge >= 0.3 is 12.5 Å². The van der Waals surface area contributed by atoms with E-state index in [2.05, 4.69) is 0 Å². The Balaban J connectivity index is 2.06. The lowest BCUT2D eigenvalue weighted by molar-refractivity contribution is -0.537. The molecule has 0 saturated carbocycles. The van der Waals surface area contributed by atoms with Gasteiger partial charge in [0.1, 0.15) is 5.69 Å². The number of amides is 1. The molecule has 0 aromatic heterocycles. The van der Waals surface area contributed by atoms with Gasteiger partial charge in [0.2, 0.25) is 0 Å². The predicted octanol–water partition coefficient (Wildman–Crippen LogP) is 2.15. The molecule has 0 bridgehead atoms. The second kappa shape index (κ2) is 4.53. The first kappa shape index (κ1) is 11.4. The van der Waals surface area contributed by atoms with Crippen LogP contribution in [0.4, 0.5) is 11.4 Å². The van der Waals surface area contributed by atoms with Gasteiger partial charge in [-0.1, -0.05) is 36.4 Å². The summed E-state index contributed by atoms with van der Waals surface area (Å²) in [5.74, 6) is -0.245. The maximum Gasteiger partial charge on any atom is 0.324 e. The summed E-state index contributed by atoms with van der Waals surface area (Å²) in [6, 6.07) is 18.2. The van der Waals surface area contributed by atoms with Crippen molar-refractivity contribution in [3.8, 4) is 0 Å². The molecule has 0 spiro atoms. The zero-order valence-corrected chi connectivity index (χ0v) is 10.1. The van der Waals surface area contributed by atoms with Gasteiger partial charge in [0.25, 0.3) is 0 Å². The van der Waals surface area contributed by atoms with E-state index >= 15 is 0 Å². The molecule has 0 aliphatic carbocycles. The molecular weight excluding hydrogens is 242 g/mol. The van der Waals surface area contributed by atoms with Crippen LogP contribution in [0.3, 0.4) is 0 Å². The number of nitrogens with zero attached hydrogens (tertiary/aromatic N) is 3. The van der Waals surface area contributed by atoms with Crippen LogP contribution in [-0.4, -0.2) is 17.3 Å². The third-order valence-electron chi connectivity index (χ3n) is 2.90. The number of hydrazine groups is 2. The molecule has 19 heavy (non-hydrogen) atoms. The van der Waals surface area contributed by atoms with Crippen molar-refractivity contribution in [1.82, 2.24) is 0 Å². The highest BCUT2D eigenvalue weighted by Crippen LogP contribution is 2.26. The Morgan fingerprint density at radius 2 is 1.37 bits per heavy atom. The van der Waals surface area contributed by atoms with Crippen LogP contribution in [-0.2, 0) is 4.79 Å². The van der Waals surface area contributed by atoms with Crippen molar-refractivity contribution in [3.05, 3.63) is 65.6 Å². The zero-order valence-electron chi connectivity index (χ0n) is 10.1. The molecular formula is C14H12N3O2+. The van der Waals surface area contributed by atoms with Crippen LogP contribution < -0.4 is 10.1 Å². The molecule has 3 rings (SSSR count). The van der Waals surface area contributed by atoms with Gasteiger partial charge in [-0.25, -0.2) is 0 Å². The highest BCUT2D eigenvalue weighted by molar-refractivity contribution is 5.97. The van der Waals surface area contributed by atoms with E-state index in [0.29, 0.717) is 16.2 Å². The van der Waals surface area contributed by atoms with E-state index in [4.69, 9.17) is 0 Å². The summed E-state index contributed by atoms with van der Waals surface area (Å²) in [5.41, 5.74) is 1.34. The van der Waals surface area contributed by atoms with E-state index in [0.717, 1.165) is 0 Å². The SMILES string of the molecule is O=C1C[N+](=O)N(c2ccccc2)N1c1ccccc1. The first-order valence-corrected chi connectivity index (χ1v) is 5.95. The quantitative estimate of drug-likeness (QED) is 0.771. The number of hydrogen-bond acceptors (Lipinski definition) is 2. The Labute approximate surface area is 110 Å². The summed E-state index contributed by atoms with van der Waals surface area (Å²) in [6.07, 6.45) is 0. The van der Waals surface area contributed by atoms with Crippen LogP contribution in [0.1, 0.15) is 0 Å². The molecule has 0 radical (unpaired) electrons. The summed E-state index contributed by atoms with van der Waals surface area (Å²) in [5, 5.41) is 2.74. The standard InChI is InChI=1S/C14H12N3O2/c18-14-11-15(19)17(13-9-5-2-6-10-13)16(14)12-7-3-1-4-8-12/h1-10H,11H2/q+1. The molecule has 5 heteroatoms. The molecule has 0 unspecified atom stereocenters. The summed E-state index contributed by atoms with van der Waals surface area (Å²) in [4.78, 5) is 24.6. The van der Waals surface area contributed by atoms with Gasteiger partial charge in [0.15, 0.2) is 4.87 Å². The van der Waals surface area contributed by atoms with E-state index in [1.165, 1.54) is 10.1 Å². The van der Waals surface area contributed by atoms with Crippen LogP contribution in [0.25, 0.3) is 0 Å². The molecule has 2 aromatic carbocycles. The number of carbonyl (C=O) groups excluding carboxylic acids is 1. The fourth-order valence-electron chi connectivity index (χ4n) is 2.08. The first-order valence-electron chi connectivity index (χ1n) is 5.95. The van der Waals surface area contributed by atoms with Gasteiger partial charge in [0.05, 0.1) is 10.6 Å². The van der Waals surface area contributed by atoms with Crippen LogP contribution in [0.5, 0.6) is 0 Å². The van der Waals surface area contributed by atoms with Crippen molar-refractivity contribution in [3.63, 3.8) is 0 Å². The molecule has 0 N–H and O–H groups in total. The molecule has 1 saturated heterocycles. The van der Waals surface area contributed by atoms with Crippen molar-refractivity contribution in [1.29, 1.82) is 0 Å². The van der Waals surface area contributed by atoms with E-state index in [1.54, 1.807) is 24.3 Å². The van der Waals surface area contributed by atoms with Crippen LogP contribution in [0.2, 0.25) is 0 Å². The van der Waals surface area contributed by atoms with Gasteiger partial charge in [-0.2, -0.15) is 5.01 Å². The third-order valence-corrected chi connectivity index (χ3v) is 2.90. The number of nitroso groups, excluding NO2 is 1. The minimum atomic E-state index is -0.245. The summed E-state index contributed by atoms with van der Waals surface area (Å²) >= 11 is 0. The predicted molar refractivity (Wildman–Crippen MR) is 71.3 cm³/mol. The van der Waals surface area contributed by atoms with E-state index in [9.17, 15) is 9.70 Å². The maximum atomic E-state index is 12.0. The molecule has 5 nitrogen and oxygen atoms in total. The van der Waals surface area contributed by atoms with E-state index in [1.807, 2.05) is 36.4 Å². The number of anilines is 2. The van der Waals surface area contributed by atoms with E-state index in [-0.39, 0.29) is 12.5 Å². The van der Waals surface area contributed by atoms with Gasteiger partial charge in [-0.15, -0.1) is 0 Å². The lowest BCUT2D eigenvalue weighted by Crippen LogP contribution is -2.41. The second-order valence-corrected chi connectivity index (χ2v) is 4.18. The van der Waals surface area contributed by atoms with Crippen molar-refractivity contribution in [2.24, 2.45) is 0 Å². The number of carbonyl (C=O) groups is 1. The third kappa shape index (κ3) is 1.95. The van der Waals surface area contributed by atoms with E-state index < -0.39 is 0 Å². The fraction of sp³-hybridized carbons (Fsp3) is 0.0714. The van der Waals surface area contributed by atoms with Gasteiger partial charge in [-0.05, 0) is 24.3 Å². The molecule has 1 fully saturated rings. The number of para-hydroxylation sites is 2. The van der Waals surface area contributed by atoms with Crippen molar-refractivity contribution < 1.29 is 9.66 Å². The number of benzene rings is 2. The highest BCUT2D eigenvalue weighted by atomic mass is 16.4. The molecule has 0 atom stereocenters. The Bertz CT molecular complexity index is 558. The number of hydrogen-bond donors (Lipinski definition) is 0. The lowest BCUT2D eigenvalue weighted by Gasteiger charge is -2.19. The summed E-state index contributed by atoms with van der Waals surface area (Å²) in [7, 11) is 0. The Morgan fingerprint density at radius 1 is 0.842 bits per heavy atom. The maximum absolute atomic E-state index is 12.0. The molecule has 2 aromatic rings. The minimum absolute atomic E-state index is 0.177. The highest BCUT2D eigenvalue weighted by Gasteiger charge is 2.45. The summed E-state index contributed by atoms with van der Waals surface area (Å²) in [6.45, 7) is -0.177. The van der Waals surface area contributed by atoms with Gasteiger partial charge in [-0.3, -0.25) is 4.79 Å². The molecule has 1 aliphatic rings. The Morgan fingerprint density at radius 3 is 1.95 bits per heavy atom. The largest absolute Gasteiger partial charge is 0.324 e. The normalized spacial score (nSPS) is 15.2. The Hall–Kier alpha value is -2.69. The molecule has 1 amide bonds. The average Bonchev–Trinajstić information content (AvgIpc) is 2.75. The zero-order chi connectivity index (χ0) is 13.2. The summed E-state index contributed by atoms with van der Waals surface area (Å²) < 4.78 is 0. The average molecular weight is 254 g/mol. The van der Waals surface area contributed by atoms with Crippen LogP contribution in [0.15, 0.2) is 60.7 Å². The van der Waals surface area contributed by atoms with Crippen molar-refractivity contribution in [2.75, 3.05) is 16.7 Å². The number of rotatable bonds is 2. The van der Waals surface area contributed by atoms with Crippen LogP contribution >= 0.6 is 0 Å². The van der Waals surface area contributed by atoms with Gasteiger partial charge in [0, 0.05) is 5.12 Å². The van der Waals surface area contributed by atoms with Crippen LogP contribution in [0, 0.1) is 4.91 Å². The topological polar surface area (TPSA) is 43.6 Å². The molecule has 94 valence electrons. The van der Waals surface area contributed by atoms with Crippen molar-refractivity contribution >= 4 is 17.3 Å². The monoisotopic (exact) mass is 254 g/mol. The smallest absolute Gasteiger partial charge is 0.265 e. The fourth-order valence-corrected chi connectivity index (χ4v) is 2.08. The van der Waals surface area contributed by atoms with Crippen molar-refractivity contribution in [2.45, 2.75) is 0 Å². The van der Waals surface area contributed by atoms with Gasteiger partial charge < -0.3 is 0 Å². The first-order chi connectivity index (χ1) is 9.27. The molecule has 1 aliphatic heterocycles. The second-order valence-electron chi connectivity index (χ2n) is 4.18. The molecule has 1 heterocycles. The minimum Gasteiger partial charge on any atom is -0.265 e.